The summed E-state index contributed by atoms with van der Waals surface area (Å²) in [5.74, 6) is -0.220. The molecule has 1 fully saturated rings. The summed E-state index contributed by atoms with van der Waals surface area (Å²) in [7, 11) is -2.05. The first-order valence-corrected chi connectivity index (χ1v) is 10.1. The Morgan fingerprint density at radius 2 is 2.21 bits per heavy atom. The molecule has 29 heavy (non-hydrogen) atoms. The molecule has 1 aliphatic heterocycles. The van der Waals surface area contributed by atoms with Gasteiger partial charge in [-0.3, -0.25) is 23.7 Å². The lowest BCUT2D eigenvalue weighted by atomic mass is 10.2. The van der Waals surface area contributed by atoms with Crippen molar-refractivity contribution in [2.45, 2.75) is 31.8 Å². The Bertz CT molecular complexity index is 910. The molecule has 2 N–H and O–H groups in total. The lowest BCUT2D eigenvalue weighted by molar-refractivity contribution is -0.226. The van der Waals surface area contributed by atoms with E-state index in [9.17, 15) is 23.8 Å². The van der Waals surface area contributed by atoms with Gasteiger partial charge in [0, 0.05) is 40.3 Å². The number of nitrogens with zero attached hydrogens (tertiary/aromatic N) is 1. The van der Waals surface area contributed by atoms with Crippen LogP contribution in [0.3, 0.4) is 0 Å². The van der Waals surface area contributed by atoms with Gasteiger partial charge in [0.05, 0.1) is 18.3 Å². The lowest BCUT2D eigenvalue weighted by Gasteiger charge is -2.24. The standard InChI is InChI=1S/C16H24N3O9P/c1-10(20)17-6-4-5-11-8-19(16(22)18-15(11)21)14-7-12(25-2)13(28-14)9-27-29(23,24)26-3/h4-5,8,12-14H,6-7,9H2,1-3H3,(H,17,20)(H,23,24)(H,18,21,22)/p-1/b5-4+. The number of phosphoric acid groups is 1. The van der Waals surface area contributed by atoms with E-state index in [1.54, 1.807) is 6.08 Å². The maximum atomic E-state index is 12.2. The fraction of sp³-hybridized carbons (Fsp3) is 0.562. The smallest absolute Gasteiger partial charge is 0.330 e. The number of hydrogen-bond acceptors (Lipinski definition) is 9. The number of amides is 1. The number of H-pyrrole nitrogens is 1. The van der Waals surface area contributed by atoms with Gasteiger partial charge in [-0.2, -0.15) is 0 Å². The van der Waals surface area contributed by atoms with Crippen LogP contribution in [0.5, 0.6) is 0 Å². The Labute approximate surface area is 166 Å². The molecule has 1 aromatic heterocycles. The molecule has 0 saturated carbocycles. The average molecular weight is 432 g/mol. The second kappa shape index (κ2) is 10.1. The third-order valence-electron chi connectivity index (χ3n) is 4.18. The molecule has 0 aliphatic carbocycles. The van der Waals surface area contributed by atoms with Gasteiger partial charge in [-0.15, -0.1) is 0 Å². The van der Waals surface area contributed by atoms with Crippen molar-refractivity contribution in [2.24, 2.45) is 0 Å². The summed E-state index contributed by atoms with van der Waals surface area (Å²) >= 11 is 0. The molecule has 4 atom stereocenters. The van der Waals surface area contributed by atoms with E-state index in [2.05, 4.69) is 14.8 Å². The van der Waals surface area contributed by atoms with Crippen molar-refractivity contribution in [3.63, 3.8) is 0 Å². The van der Waals surface area contributed by atoms with E-state index in [1.165, 1.54) is 30.9 Å². The first-order chi connectivity index (χ1) is 13.7. The maximum Gasteiger partial charge on any atom is 0.330 e. The molecule has 0 aromatic carbocycles. The monoisotopic (exact) mass is 432 g/mol. The first kappa shape index (κ1) is 23.2. The molecular formula is C16H23N3O9P-. The molecule has 4 unspecified atom stereocenters. The third-order valence-corrected chi connectivity index (χ3v) is 5.09. The number of hydrogen-bond donors (Lipinski definition) is 2. The molecule has 2 rings (SSSR count). The Balaban J connectivity index is 2.17. The van der Waals surface area contributed by atoms with Crippen LogP contribution < -0.4 is 21.5 Å². The van der Waals surface area contributed by atoms with Crippen molar-refractivity contribution in [1.82, 2.24) is 14.9 Å². The van der Waals surface area contributed by atoms with Gasteiger partial charge in [-0.05, 0) is 0 Å². The number of nitrogens with one attached hydrogen (secondary N) is 2. The van der Waals surface area contributed by atoms with Gasteiger partial charge in [0.25, 0.3) is 13.4 Å². The number of aromatic nitrogens is 2. The number of rotatable bonds is 9. The molecule has 1 amide bonds. The second-order valence-electron chi connectivity index (χ2n) is 6.16. The summed E-state index contributed by atoms with van der Waals surface area (Å²) in [6, 6.07) is 0. The zero-order chi connectivity index (χ0) is 21.6. The van der Waals surface area contributed by atoms with Crippen molar-refractivity contribution in [1.29, 1.82) is 0 Å². The summed E-state index contributed by atoms with van der Waals surface area (Å²) in [4.78, 5) is 48.7. The van der Waals surface area contributed by atoms with Gasteiger partial charge in [0.2, 0.25) is 5.91 Å². The minimum atomic E-state index is -4.44. The first-order valence-electron chi connectivity index (χ1n) is 8.63. The van der Waals surface area contributed by atoms with Gasteiger partial charge in [-0.1, -0.05) is 12.2 Å². The van der Waals surface area contributed by atoms with Crippen LogP contribution in [0.25, 0.3) is 6.08 Å². The normalized spacial score (nSPS) is 23.9. The van der Waals surface area contributed by atoms with Crippen molar-refractivity contribution in [3.8, 4) is 0 Å². The fourth-order valence-corrected chi connectivity index (χ4v) is 3.14. The van der Waals surface area contributed by atoms with Crippen LogP contribution in [0.15, 0.2) is 21.9 Å². The summed E-state index contributed by atoms with van der Waals surface area (Å²) in [5, 5.41) is 2.55. The largest absolute Gasteiger partial charge is 0.756 e. The van der Waals surface area contributed by atoms with Crippen LogP contribution in [-0.2, 0) is 27.9 Å². The number of carbonyl (C=O) groups is 1. The van der Waals surface area contributed by atoms with E-state index in [0.29, 0.717) is 0 Å². The molecule has 162 valence electrons. The number of carbonyl (C=O) groups excluding carboxylic acids is 1. The molecule has 13 heteroatoms. The summed E-state index contributed by atoms with van der Waals surface area (Å²) < 4.78 is 32.5. The highest BCUT2D eigenvalue weighted by atomic mass is 31.2. The summed E-state index contributed by atoms with van der Waals surface area (Å²) in [5.41, 5.74) is -1.11. The van der Waals surface area contributed by atoms with Gasteiger partial charge in [-0.25, -0.2) is 4.79 Å². The van der Waals surface area contributed by atoms with Crippen molar-refractivity contribution < 1.29 is 32.8 Å². The minimum Gasteiger partial charge on any atom is -0.756 e. The molecular weight excluding hydrogens is 409 g/mol. The quantitative estimate of drug-likeness (QED) is 0.472. The number of phosphoric ester groups is 1. The van der Waals surface area contributed by atoms with Crippen molar-refractivity contribution >= 4 is 19.8 Å². The second-order valence-corrected chi connectivity index (χ2v) is 7.67. The van der Waals surface area contributed by atoms with Crippen LogP contribution in [0.1, 0.15) is 25.1 Å². The van der Waals surface area contributed by atoms with Crippen LogP contribution in [0, 0.1) is 0 Å². The molecule has 0 bridgehead atoms. The van der Waals surface area contributed by atoms with E-state index in [4.69, 9.17) is 14.0 Å². The summed E-state index contributed by atoms with van der Waals surface area (Å²) in [6.45, 7) is 1.22. The topological polar surface area (TPSA) is 161 Å². The van der Waals surface area contributed by atoms with E-state index < -0.39 is 37.5 Å². The average Bonchev–Trinajstić information content (AvgIpc) is 3.08. The zero-order valence-corrected chi connectivity index (χ0v) is 17.0. The van der Waals surface area contributed by atoms with E-state index in [-0.39, 0.29) is 31.0 Å². The predicted molar refractivity (Wildman–Crippen MR) is 98.9 cm³/mol. The lowest BCUT2D eigenvalue weighted by Crippen LogP contribution is -2.33. The van der Waals surface area contributed by atoms with Gasteiger partial charge < -0.3 is 28.7 Å². The van der Waals surface area contributed by atoms with Gasteiger partial charge in [0.1, 0.15) is 12.3 Å². The number of ether oxygens (including phenoxy) is 2. The molecule has 1 aliphatic rings. The van der Waals surface area contributed by atoms with Crippen LogP contribution in [-0.4, -0.2) is 55.0 Å². The highest BCUT2D eigenvalue weighted by Crippen LogP contribution is 2.39. The number of aromatic amines is 1. The van der Waals surface area contributed by atoms with Crippen molar-refractivity contribution in [2.75, 3.05) is 27.4 Å². The Morgan fingerprint density at radius 3 is 2.83 bits per heavy atom. The highest BCUT2D eigenvalue weighted by Gasteiger charge is 2.37. The zero-order valence-electron chi connectivity index (χ0n) is 16.2. The SMILES string of the molecule is COC1CC(n2cc(/C=C/CNC(C)=O)c(=O)[nH]c2=O)OC1COP(=O)([O-])OC. The Morgan fingerprint density at radius 1 is 1.48 bits per heavy atom. The Kier molecular flexibility index (Phi) is 8.08. The fourth-order valence-electron chi connectivity index (χ4n) is 2.71. The van der Waals surface area contributed by atoms with Crippen LogP contribution >= 0.6 is 7.82 Å². The van der Waals surface area contributed by atoms with E-state index >= 15 is 0 Å². The third kappa shape index (κ3) is 6.46. The Hall–Kier alpha value is -2.08. The molecule has 0 radical (unpaired) electrons. The molecule has 12 nitrogen and oxygen atoms in total. The van der Waals surface area contributed by atoms with Gasteiger partial charge >= 0.3 is 5.69 Å². The maximum absolute atomic E-state index is 12.2. The minimum absolute atomic E-state index is 0.177. The molecule has 2 heterocycles. The molecule has 1 saturated heterocycles. The van der Waals surface area contributed by atoms with E-state index in [1.807, 2.05) is 0 Å². The summed E-state index contributed by atoms with van der Waals surface area (Å²) in [6.07, 6.45) is 2.42. The van der Waals surface area contributed by atoms with Crippen LogP contribution in [0.2, 0.25) is 0 Å². The van der Waals surface area contributed by atoms with Crippen LogP contribution in [0.4, 0.5) is 0 Å². The van der Waals surface area contributed by atoms with Gasteiger partial charge in [0.15, 0.2) is 0 Å². The molecule has 0 spiro atoms. The number of methoxy groups -OCH3 is 1. The molecule has 1 aromatic rings. The van der Waals surface area contributed by atoms with Crippen molar-refractivity contribution in [3.05, 3.63) is 38.7 Å². The van der Waals surface area contributed by atoms with E-state index in [0.717, 1.165) is 7.11 Å². The predicted octanol–water partition coefficient (Wildman–Crippen LogP) is -0.880. The highest BCUT2D eigenvalue weighted by molar-refractivity contribution is 7.45.